The number of benzene rings is 2. The van der Waals surface area contributed by atoms with E-state index in [1.165, 1.54) is 11.8 Å². The topological polar surface area (TPSA) is 38.8 Å². The molecule has 0 aliphatic carbocycles. The summed E-state index contributed by atoms with van der Waals surface area (Å²) in [6.07, 6.45) is 1.80. The van der Waals surface area contributed by atoms with Crippen LogP contribution in [0.1, 0.15) is 12.5 Å². The highest BCUT2D eigenvalue weighted by Crippen LogP contribution is 2.39. The summed E-state index contributed by atoms with van der Waals surface area (Å²) in [4.78, 5) is 14.9. The van der Waals surface area contributed by atoms with Crippen LogP contribution in [0.25, 0.3) is 6.08 Å². The van der Waals surface area contributed by atoms with Crippen molar-refractivity contribution in [3.63, 3.8) is 0 Å². The Hall–Kier alpha value is -2.31. The molecule has 1 heterocycles. The molecule has 0 N–H and O–H groups in total. The summed E-state index contributed by atoms with van der Waals surface area (Å²) in [5.41, 5.74) is 1.55. The number of hydrogen-bond donors (Lipinski definition) is 0. The van der Waals surface area contributed by atoms with Crippen molar-refractivity contribution in [3.05, 3.63) is 59.0 Å². The highest BCUT2D eigenvalue weighted by atomic mass is 32.2. The first-order chi connectivity index (χ1) is 12.2. The minimum absolute atomic E-state index is 0.134. The molecule has 128 valence electrons. The van der Waals surface area contributed by atoms with Gasteiger partial charge in [0.2, 0.25) is 0 Å². The second-order valence-corrected chi connectivity index (χ2v) is 6.84. The predicted molar refractivity (Wildman–Crippen MR) is 106 cm³/mol. The van der Waals surface area contributed by atoms with Crippen LogP contribution < -0.4 is 14.4 Å². The number of hydrogen-bond acceptors (Lipinski definition) is 5. The van der Waals surface area contributed by atoms with Crippen molar-refractivity contribution in [2.45, 2.75) is 6.92 Å². The second kappa shape index (κ2) is 7.72. The van der Waals surface area contributed by atoms with E-state index in [4.69, 9.17) is 21.7 Å². The third-order valence-corrected chi connectivity index (χ3v) is 4.91. The molecule has 1 saturated heterocycles. The van der Waals surface area contributed by atoms with Crippen LogP contribution in [0.15, 0.2) is 53.4 Å². The van der Waals surface area contributed by atoms with Gasteiger partial charge in [0.25, 0.3) is 5.91 Å². The summed E-state index contributed by atoms with van der Waals surface area (Å²) in [5.74, 6) is 1.12. The van der Waals surface area contributed by atoms with Crippen molar-refractivity contribution in [1.29, 1.82) is 0 Å². The van der Waals surface area contributed by atoms with Crippen LogP contribution in [0.4, 0.5) is 5.69 Å². The number of methoxy groups -OCH3 is 1. The van der Waals surface area contributed by atoms with Crippen LogP contribution >= 0.6 is 24.0 Å². The van der Waals surface area contributed by atoms with Crippen molar-refractivity contribution >= 4 is 46.0 Å². The fourth-order valence-corrected chi connectivity index (χ4v) is 3.83. The molecule has 1 fully saturated rings. The number of anilines is 1. The Kier molecular flexibility index (Phi) is 5.40. The van der Waals surface area contributed by atoms with E-state index in [1.807, 2.05) is 55.5 Å². The number of thiocarbonyl (C=S) groups is 1. The number of para-hydroxylation sites is 2. The lowest BCUT2D eigenvalue weighted by Gasteiger charge is -2.14. The lowest BCUT2D eigenvalue weighted by atomic mass is 10.1. The molecular formula is C19H17NO3S2. The number of nitrogens with zero attached hydrogens (tertiary/aromatic N) is 1. The van der Waals surface area contributed by atoms with Gasteiger partial charge < -0.3 is 9.47 Å². The van der Waals surface area contributed by atoms with Crippen molar-refractivity contribution in [2.24, 2.45) is 0 Å². The van der Waals surface area contributed by atoms with Crippen molar-refractivity contribution < 1.29 is 14.3 Å². The average molecular weight is 371 g/mol. The Morgan fingerprint density at radius 2 is 1.92 bits per heavy atom. The number of amides is 1. The van der Waals surface area contributed by atoms with Gasteiger partial charge in [0, 0.05) is 5.56 Å². The molecule has 6 heteroatoms. The van der Waals surface area contributed by atoms with Crippen LogP contribution in [0.5, 0.6) is 11.5 Å². The van der Waals surface area contributed by atoms with Gasteiger partial charge in [-0.3, -0.25) is 9.69 Å². The smallest absolute Gasteiger partial charge is 0.270 e. The monoisotopic (exact) mass is 371 g/mol. The van der Waals surface area contributed by atoms with Crippen LogP contribution in [-0.4, -0.2) is 23.9 Å². The van der Waals surface area contributed by atoms with Gasteiger partial charge >= 0.3 is 0 Å². The minimum Gasteiger partial charge on any atom is -0.492 e. The standard InChI is InChI=1S/C19H17NO3S2/c1-3-23-15-11-7-8-13(17(15)22-2)12-16-18(21)20(19(24)25-16)14-9-5-4-6-10-14/h4-12H,3H2,1-2H3/b16-12-. The molecule has 0 unspecified atom stereocenters. The van der Waals surface area contributed by atoms with Crippen LogP contribution in [0, 0.1) is 0 Å². The number of carbonyl (C=O) groups excluding carboxylic acids is 1. The van der Waals surface area contributed by atoms with Crippen LogP contribution in [0.3, 0.4) is 0 Å². The quantitative estimate of drug-likeness (QED) is 0.572. The fraction of sp³-hybridized carbons (Fsp3) is 0.158. The molecule has 0 atom stereocenters. The minimum atomic E-state index is -0.134. The summed E-state index contributed by atoms with van der Waals surface area (Å²) in [7, 11) is 1.59. The van der Waals surface area contributed by atoms with Gasteiger partial charge in [0.05, 0.1) is 24.3 Å². The van der Waals surface area contributed by atoms with E-state index in [-0.39, 0.29) is 5.91 Å². The Morgan fingerprint density at radius 1 is 1.16 bits per heavy atom. The van der Waals surface area contributed by atoms with Crippen LogP contribution in [0.2, 0.25) is 0 Å². The molecule has 3 rings (SSSR count). The first-order valence-corrected chi connectivity index (χ1v) is 9.01. The summed E-state index contributed by atoms with van der Waals surface area (Å²) in [5, 5.41) is 0. The molecule has 1 aliphatic heterocycles. The largest absolute Gasteiger partial charge is 0.492 e. The molecule has 1 amide bonds. The predicted octanol–water partition coefficient (Wildman–Crippen LogP) is 4.50. The van der Waals surface area contributed by atoms with E-state index >= 15 is 0 Å². The normalized spacial score (nSPS) is 15.8. The molecule has 2 aromatic carbocycles. The Bertz CT molecular complexity index is 834. The average Bonchev–Trinajstić information content (AvgIpc) is 2.90. The maximum absolute atomic E-state index is 12.8. The zero-order valence-electron chi connectivity index (χ0n) is 13.9. The third-order valence-electron chi connectivity index (χ3n) is 3.61. The first-order valence-electron chi connectivity index (χ1n) is 7.78. The second-order valence-electron chi connectivity index (χ2n) is 5.16. The van der Waals surface area contributed by atoms with Crippen molar-refractivity contribution in [1.82, 2.24) is 0 Å². The summed E-state index contributed by atoms with van der Waals surface area (Å²) in [6, 6.07) is 15.0. The molecule has 0 spiro atoms. The molecule has 4 nitrogen and oxygen atoms in total. The van der Waals surface area contributed by atoms with Gasteiger partial charge in [-0.15, -0.1) is 0 Å². The Balaban J connectivity index is 1.97. The summed E-state index contributed by atoms with van der Waals surface area (Å²) >= 11 is 6.68. The van der Waals surface area contributed by atoms with E-state index in [2.05, 4.69) is 0 Å². The van der Waals surface area contributed by atoms with Gasteiger partial charge in [-0.1, -0.05) is 54.3 Å². The molecule has 25 heavy (non-hydrogen) atoms. The zero-order valence-corrected chi connectivity index (χ0v) is 15.5. The van der Waals surface area contributed by atoms with Crippen molar-refractivity contribution in [2.75, 3.05) is 18.6 Å². The Labute approximate surface area is 156 Å². The van der Waals surface area contributed by atoms with Gasteiger partial charge in [-0.25, -0.2) is 0 Å². The maximum atomic E-state index is 12.8. The summed E-state index contributed by atoms with van der Waals surface area (Å²) in [6.45, 7) is 2.45. The summed E-state index contributed by atoms with van der Waals surface area (Å²) < 4.78 is 11.6. The van der Waals surface area contributed by atoms with Crippen LogP contribution in [-0.2, 0) is 4.79 Å². The maximum Gasteiger partial charge on any atom is 0.270 e. The first kappa shape index (κ1) is 17.5. The molecule has 1 aliphatic rings. The lowest BCUT2D eigenvalue weighted by molar-refractivity contribution is -0.113. The zero-order chi connectivity index (χ0) is 17.8. The molecule has 0 aromatic heterocycles. The van der Waals surface area contributed by atoms with Gasteiger partial charge in [-0.05, 0) is 31.2 Å². The van der Waals surface area contributed by atoms with Gasteiger partial charge in [0.1, 0.15) is 0 Å². The third kappa shape index (κ3) is 3.55. The SMILES string of the molecule is CCOc1cccc(/C=C2\SC(=S)N(c3ccccc3)C2=O)c1OC. The molecule has 0 radical (unpaired) electrons. The lowest BCUT2D eigenvalue weighted by Crippen LogP contribution is -2.27. The highest BCUT2D eigenvalue weighted by Gasteiger charge is 2.33. The molecule has 2 aromatic rings. The molecular weight excluding hydrogens is 354 g/mol. The van der Waals surface area contributed by atoms with E-state index < -0.39 is 0 Å². The number of carbonyl (C=O) groups is 1. The van der Waals surface area contributed by atoms with Crippen molar-refractivity contribution in [3.8, 4) is 11.5 Å². The number of thioether (sulfide) groups is 1. The van der Waals surface area contributed by atoms with E-state index in [0.717, 1.165) is 11.3 Å². The van der Waals surface area contributed by atoms with E-state index in [9.17, 15) is 4.79 Å². The van der Waals surface area contributed by atoms with Gasteiger partial charge in [-0.2, -0.15) is 0 Å². The Morgan fingerprint density at radius 3 is 2.60 bits per heavy atom. The van der Waals surface area contributed by atoms with E-state index in [0.29, 0.717) is 27.3 Å². The fourth-order valence-electron chi connectivity index (χ4n) is 2.54. The number of rotatable bonds is 5. The van der Waals surface area contributed by atoms with Gasteiger partial charge in [0.15, 0.2) is 15.8 Å². The molecule has 0 saturated carbocycles. The molecule has 0 bridgehead atoms. The number of ether oxygens (including phenoxy) is 2. The van der Waals surface area contributed by atoms with E-state index in [1.54, 1.807) is 18.1 Å². The highest BCUT2D eigenvalue weighted by molar-refractivity contribution is 8.27.